The van der Waals surface area contributed by atoms with E-state index in [0.717, 1.165) is 36.3 Å². The fourth-order valence-corrected chi connectivity index (χ4v) is 5.98. The number of aromatic nitrogens is 4. The second-order valence-electron chi connectivity index (χ2n) is 9.53. The van der Waals surface area contributed by atoms with Crippen LogP contribution in [0.1, 0.15) is 34.5 Å². The molecule has 3 aromatic rings. The summed E-state index contributed by atoms with van der Waals surface area (Å²) in [6, 6.07) is 8.50. The lowest BCUT2D eigenvalue weighted by molar-refractivity contribution is -0.118. The monoisotopic (exact) mass is 545 g/mol. The third-order valence-electron chi connectivity index (χ3n) is 6.63. The third kappa shape index (κ3) is 7.28. The molecule has 37 heavy (non-hydrogen) atoms. The number of amides is 1. The first-order valence-electron chi connectivity index (χ1n) is 12.5. The maximum Gasteiger partial charge on any atom is 0.253 e. The smallest absolute Gasteiger partial charge is 0.253 e. The molecule has 0 bridgehead atoms. The number of nitrogens with one attached hydrogen (secondary N) is 1. The van der Waals surface area contributed by atoms with Gasteiger partial charge < -0.3 is 10.2 Å². The molecule has 3 heterocycles. The number of nitrogens with zero attached hydrogens (tertiary/aromatic N) is 6. The second-order valence-corrected chi connectivity index (χ2v) is 12.5. The zero-order valence-corrected chi connectivity index (χ0v) is 23.5. The van der Waals surface area contributed by atoms with Gasteiger partial charge in [0, 0.05) is 50.5 Å². The summed E-state index contributed by atoms with van der Waals surface area (Å²) >= 11 is 1.29. The molecular formula is C25H35N7O3S2. The fourth-order valence-electron chi connectivity index (χ4n) is 4.45. The number of rotatable bonds is 9. The maximum absolute atomic E-state index is 12.4. The standard InChI is InChI=1S/C25H35N7O3S2/c1-18-6-8-21(9-7-18)16-22-19(2)27-24-28-25(29-32(24)20(22)3)36-17-23(33)26-10-13-30-11-5-12-31(15-14-30)37(4,34)35/h6-9H,5,10-17H2,1-4H3,(H,26,33). The number of hydrogen-bond acceptors (Lipinski definition) is 8. The molecule has 1 N–H and O–H groups in total. The Morgan fingerprint density at radius 3 is 2.54 bits per heavy atom. The van der Waals surface area contributed by atoms with E-state index in [9.17, 15) is 13.2 Å². The average Bonchev–Trinajstić information content (AvgIpc) is 3.09. The van der Waals surface area contributed by atoms with E-state index in [1.807, 2.05) is 13.8 Å². The van der Waals surface area contributed by atoms with Gasteiger partial charge in [0.1, 0.15) is 0 Å². The summed E-state index contributed by atoms with van der Waals surface area (Å²) in [7, 11) is -3.16. The molecule has 200 valence electrons. The zero-order valence-electron chi connectivity index (χ0n) is 21.9. The Balaban J connectivity index is 1.28. The normalized spacial score (nSPS) is 15.7. The molecule has 0 aliphatic carbocycles. The number of aryl methyl sites for hydroxylation is 3. The number of carbonyl (C=O) groups excluding carboxylic acids is 1. The van der Waals surface area contributed by atoms with Gasteiger partial charge in [-0.05, 0) is 44.9 Å². The van der Waals surface area contributed by atoms with Crippen molar-refractivity contribution < 1.29 is 13.2 Å². The first-order chi connectivity index (χ1) is 17.6. The van der Waals surface area contributed by atoms with Gasteiger partial charge in [-0.1, -0.05) is 41.6 Å². The highest BCUT2D eigenvalue weighted by atomic mass is 32.2. The lowest BCUT2D eigenvalue weighted by Gasteiger charge is -2.20. The Morgan fingerprint density at radius 2 is 1.81 bits per heavy atom. The minimum Gasteiger partial charge on any atom is -0.354 e. The van der Waals surface area contributed by atoms with E-state index in [1.54, 1.807) is 4.52 Å². The average molecular weight is 546 g/mol. The van der Waals surface area contributed by atoms with E-state index in [-0.39, 0.29) is 11.7 Å². The third-order valence-corrected chi connectivity index (χ3v) is 8.77. The Labute approximate surface area is 222 Å². The van der Waals surface area contributed by atoms with Crippen LogP contribution in [0.5, 0.6) is 0 Å². The lowest BCUT2D eigenvalue weighted by atomic mass is 10.0. The number of sulfonamides is 1. The van der Waals surface area contributed by atoms with Gasteiger partial charge in [0.2, 0.25) is 21.1 Å². The van der Waals surface area contributed by atoms with Crippen molar-refractivity contribution in [2.75, 3.05) is 51.3 Å². The van der Waals surface area contributed by atoms with Crippen molar-refractivity contribution in [3.05, 3.63) is 52.3 Å². The lowest BCUT2D eigenvalue weighted by Crippen LogP contribution is -2.38. The summed E-state index contributed by atoms with van der Waals surface area (Å²) in [6.07, 6.45) is 2.81. The van der Waals surface area contributed by atoms with Crippen LogP contribution in [0.15, 0.2) is 29.4 Å². The van der Waals surface area contributed by atoms with E-state index in [4.69, 9.17) is 0 Å². The summed E-state index contributed by atoms with van der Waals surface area (Å²) in [5, 5.41) is 8.06. The van der Waals surface area contributed by atoms with Crippen LogP contribution < -0.4 is 5.32 Å². The Morgan fingerprint density at radius 1 is 1.05 bits per heavy atom. The topological polar surface area (TPSA) is 113 Å². The summed E-state index contributed by atoms with van der Waals surface area (Å²) in [5.74, 6) is 0.666. The van der Waals surface area contributed by atoms with Gasteiger partial charge in [-0.15, -0.1) is 5.10 Å². The number of benzene rings is 1. The fraction of sp³-hybridized carbons (Fsp3) is 0.520. The number of thioether (sulfide) groups is 1. The van der Waals surface area contributed by atoms with Crippen LogP contribution >= 0.6 is 11.8 Å². The first-order valence-corrected chi connectivity index (χ1v) is 15.3. The maximum atomic E-state index is 12.4. The van der Waals surface area contributed by atoms with Crippen LogP contribution in [-0.4, -0.2) is 94.4 Å². The van der Waals surface area contributed by atoms with Crippen LogP contribution in [0.25, 0.3) is 5.78 Å². The summed E-state index contributed by atoms with van der Waals surface area (Å²) in [4.78, 5) is 23.8. The predicted molar refractivity (Wildman–Crippen MR) is 145 cm³/mol. The molecule has 1 aromatic carbocycles. The molecule has 0 unspecified atom stereocenters. The van der Waals surface area contributed by atoms with Crippen LogP contribution in [0, 0.1) is 20.8 Å². The molecule has 0 atom stereocenters. The molecule has 0 spiro atoms. The molecule has 10 nitrogen and oxygen atoms in total. The van der Waals surface area contributed by atoms with E-state index in [1.165, 1.54) is 33.4 Å². The molecule has 1 fully saturated rings. The van der Waals surface area contributed by atoms with Gasteiger partial charge in [0.25, 0.3) is 5.78 Å². The molecule has 1 saturated heterocycles. The highest BCUT2D eigenvalue weighted by Gasteiger charge is 2.21. The minimum atomic E-state index is -3.16. The van der Waals surface area contributed by atoms with Crippen molar-refractivity contribution in [1.82, 2.24) is 34.1 Å². The molecule has 1 aliphatic rings. The van der Waals surface area contributed by atoms with E-state index in [0.29, 0.717) is 43.7 Å². The molecule has 1 aliphatic heterocycles. The van der Waals surface area contributed by atoms with Crippen LogP contribution in [0.2, 0.25) is 0 Å². The number of hydrogen-bond donors (Lipinski definition) is 1. The molecule has 4 rings (SSSR count). The second kappa shape index (κ2) is 11.9. The molecule has 12 heteroatoms. The summed E-state index contributed by atoms with van der Waals surface area (Å²) < 4.78 is 26.8. The van der Waals surface area contributed by atoms with E-state index < -0.39 is 10.0 Å². The van der Waals surface area contributed by atoms with Crippen molar-refractivity contribution in [2.45, 2.75) is 38.8 Å². The van der Waals surface area contributed by atoms with E-state index >= 15 is 0 Å². The molecule has 0 radical (unpaired) electrons. The number of fused-ring (bicyclic) bond motifs is 1. The van der Waals surface area contributed by atoms with Gasteiger partial charge in [-0.3, -0.25) is 4.79 Å². The van der Waals surface area contributed by atoms with Gasteiger partial charge >= 0.3 is 0 Å². The van der Waals surface area contributed by atoms with Crippen molar-refractivity contribution in [3.63, 3.8) is 0 Å². The summed E-state index contributed by atoms with van der Waals surface area (Å²) in [6.45, 7) is 9.82. The minimum absolute atomic E-state index is 0.0858. The van der Waals surface area contributed by atoms with Crippen molar-refractivity contribution in [1.29, 1.82) is 0 Å². The number of carbonyl (C=O) groups is 1. The van der Waals surface area contributed by atoms with E-state index in [2.05, 4.69) is 56.5 Å². The highest BCUT2D eigenvalue weighted by Crippen LogP contribution is 2.21. The van der Waals surface area contributed by atoms with Crippen LogP contribution in [-0.2, 0) is 21.2 Å². The first kappa shape index (κ1) is 27.5. The SMILES string of the molecule is Cc1ccc(Cc2c(C)nc3nc(SCC(=O)NCCN4CCCN(S(C)(=O)=O)CC4)nn3c2C)cc1. The van der Waals surface area contributed by atoms with Gasteiger partial charge in [0.05, 0.1) is 12.0 Å². The Bertz CT molecular complexity index is 1360. The predicted octanol–water partition coefficient (Wildman–Crippen LogP) is 1.82. The molecular weight excluding hydrogens is 510 g/mol. The molecule has 0 saturated carbocycles. The largest absolute Gasteiger partial charge is 0.354 e. The summed E-state index contributed by atoms with van der Waals surface area (Å²) in [5.41, 5.74) is 5.51. The molecule has 1 amide bonds. The zero-order chi connectivity index (χ0) is 26.6. The highest BCUT2D eigenvalue weighted by molar-refractivity contribution is 7.99. The van der Waals surface area contributed by atoms with Crippen LogP contribution in [0.3, 0.4) is 0 Å². The molecule has 2 aromatic heterocycles. The van der Waals surface area contributed by atoms with Gasteiger partial charge in [-0.2, -0.15) is 4.98 Å². The van der Waals surface area contributed by atoms with Crippen molar-refractivity contribution >= 4 is 33.5 Å². The van der Waals surface area contributed by atoms with Crippen molar-refractivity contribution in [3.8, 4) is 0 Å². The van der Waals surface area contributed by atoms with Gasteiger partial charge in [-0.25, -0.2) is 22.2 Å². The van der Waals surface area contributed by atoms with Gasteiger partial charge in [0.15, 0.2) is 0 Å². The van der Waals surface area contributed by atoms with Crippen LogP contribution in [0.4, 0.5) is 0 Å². The Hall–Kier alpha value is -2.54. The van der Waals surface area contributed by atoms with Crippen molar-refractivity contribution in [2.24, 2.45) is 0 Å². The Kier molecular flexibility index (Phi) is 8.83. The quantitative estimate of drug-likeness (QED) is 0.405.